The third-order valence-corrected chi connectivity index (χ3v) is 4.44. The summed E-state index contributed by atoms with van der Waals surface area (Å²) < 4.78 is 41.4. The van der Waals surface area contributed by atoms with Gasteiger partial charge in [0.15, 0.2) is 11.5 Å². The van der Waals surface area contributed by atoms with Gasteiger partial charge in [0.2, 0.25) is 6.79 Å². The lowest BCUT2D eigenvalue weighted by Crippen LogP contribution is -2.18. The second-order valence-corrected chi connectivity index (χ2v) is 6.54. The highest BCUT2D eigenvalue weighted by Crippen LogP contribution is 2.50. The third kappa shape index (κ3) is 2.44. The van der Waals surface area contributed by atoms with Crippen molar-refractivity contribution in [3.8, 4) is 11.5 Å². The highest BCUT2D eigenvalue weighted by molar-refractivity contribution is 7.85. The molecule has 2 aliphatic rings. The zero-order valence-electron chi connectivity index (χ0n) is 9.76. The van der Waals surface area contributed by atoms with Gasteiger partial charge in [0.05, 0.1) is 5.75 Å². The first-order valence-corrected chi connectivity index (χ1v) is 7.41. The normalized spacial score (nSPS) is 19.8. The molecule has 6 heteroatoms. The summed E-state index contributed by atoms with van der Waals surface area (Å²) in [5.41, 5.74) is 0.724. The third-order valence-electron chi connectivity index (χ3n) is 3.46. The lowest BCUT2D eigenvalue weighted by atomic mass is 9.98. The summed E-state index contributed by atoms with van der Waals surface area (Å²) >= 11 is 0. The van der Waals surface area contributed by atoms with Gasteiger partial charge in [0.1, 0.15) is 0 Å². The first kappa shape index (κ1) is 11.8. The second-order valence-electron chi connectivity index (χ2n) is 5.09. The fourth-order valence-corrected chi connectivity index (χ4v) is 3.58. The van der Waals surface area contributed by atoms with Gasteiger partial charge in [-0.2, -0.15) is 8.42 Å². The van der Waals surface area contributed by atoms with E-state index in [0.717, 1.165) is 24.2 Å². The molecule has 1 aliphatic heterocycles. The highest BCUT2D eigenvalue weighted by Gasteiger charge is 2.45. The lowest BCUT2D eigenvalue weighted by molar-refractivity contribution is 0.174. The van der Waals surface area contributed by atoms with Crippen molar-refractivity contribution in [1.82, 2.24) is 0 Å². The summed E-state index contributed by atoms with van der Waals surface area (Å²) in [6.45, 7) is 0.231. The van der Waals surface area contributed by atoms with Crippen molar-refractivity contribution in [3.05, 3.63) is 23.8 Å². The molecule has 0 aromatic heterocycles. The van der Waals surface area contributed by atoms with Gasteiger partial charge in [-0.1, -0.05) is 6.07 Å². The Bertz CT molecular complexity index is 574. The van der Waals surface area contributed by atoms with Gasteiger partial charge in [0, 0.05) is 0 Å². The van der Waals surface area contributed by atoms with Crippen molar-refractivity contribution in [2.45, 2.75) is 19.3 Å². The fourth-order valence-electron chi connectivity index (χ4n) is 2.42. The highest BCUT2D eigenvalue weighted by atomic mass is 32.2. The van der Waals surface area contributed by atoms with Gasteiger partial charge in [0.25, 0.3) is 10.1 Å². The molecular weight excluding hydrogens is 256 g/mol. The SMILES string of the molecule is O=S(=O)(O)CC1(Cc2ccc3c(c2)OCO3)CC1. The molecule has 98 valence electrons. The van der Waals surface area contributed by atoms with E-state index in [2.05, 4.69) is 0 Å². The summed E-state index contributed by atoms with van der Waals surface area (Å²) in [7, 11) is -3.91. The van der Waals surface area contributed by atoms with Crippen LogP contribution in [0.5, 0.6) is 11.5 Å². The van der Waals surface area contributed by atoms with Gasteiger partial charge in [-0.05, 0) is 42.4 Å². The Morgan fingerprint density at radius 3 is 2.61 bits per heavy atom. The molecule has 18 heavy (non-hydrogen) atoms. The van der Waals surface area contributed by atoms with E-state index in [1.807, 2.05) is 18.2 Å². The number of hydrogen-bond acceptors (Lipinski definition) is 4. The molecule has 0 radical (unpaired) electrons. The monoisotopic (exact) mass is 270 g/mol. The van der Waals surface area contributed by atoms with Gasteiger partial charge in [-0.25, -0.2) is 0 Å². The molecule has 1 heterocycles. The van der Waals surface area contributed by atoms with Crippen molar-refractivity contribution < 1.29 is 22.4 Å². The molecule has 1 aliphatic carbocycles. The Balaban J connectivity index is 1.77. The maximum atomic E-state index is 11.0. The van der Waals surface area contributed by atoms with E-state index in [4.69, 9.17) is 14.0 Å². The minimum atomic E-state index is -3.91. The molecule has 1 aromatic rings. The van der Waals surface area contributed by atoms with Gasteiger partial charge in [-0.3, -0.25) is 4.55 Å². The standard InChI is InChI=1S/C12H14O5S/c13-18(14,15)7-12(3-4-12)6-9-1-2-10-11(5-9)17-8-16-10/h1-2,5H,3-4,6-8H2,(H,13,14,15). The number of ether oxygens (including phenoxy) is 2. The molecule has 1 aromatic carbocycles. The van der Waals surface area contributed by atoms with Crippen LogP contribution in [-0.4, -0.2) is 25.5 Å². The predicted octanol–water partition coefficient (Wildman–Crippen LogP) is 1.63. The largest absolute Gasteiger partial charge is 0.454 e. The quantitative estimate of drug-likeness (QED) is 0.842. The van der Waals surface area contributed by atoms with E-state index in [0.29, 0.717) is 12.2 Å². The molecular formula is C12H14O5S. The maximum Gasteiger partial charge on any atom is 0.265 e. The molecule has 1 saturated carbocycles. The van der Waals surface area contributed by atoms with Crippen LogP contribution in [0.4, 0.5) is 0 Å². The molecule has 0 saturated heterocycles. The molecule has 0 spiro atoms. The molecule has 0 unspecified atom stereocenters. The number of benzene rings is 1. The topological polar surface area (TPSA) is 72.8 Å². The van der Waals surface area contributed by atoms with Crippen LogP contribution in [0.2, 0.25) is 0 Å². The van der Waals surface area contributed by atoms with Crippen molar-refractivity contribution >= 4 is 10.1 Å². The van der Waals surface area contributed by atoms with Gasteiger partial charge >= 0.3 is 0 Å². The van der Waals surface area contributed by atoms with Gasteiger partial charge in [-0.15, -0.1) is 0 Å². The second kappa shape index (κ2) is 3.86. The molecule has 1 N–H and O–H groups in total. The summed E-state index contributed by atoms with van der Waals surface area (Å²) in [5, 5.41) is 0. The average molecular weight is 270 g/mol. The lowest BCUT2D eigenvalue weighted by Gasteiger charge is -2.13. The minimum Gasteiger partial charge on any atom is -0.454 e. The summed E-state index contributed by atoms with van der Waals surface area (Å²) in [4.78, 5) is 0. The molecule has 5 nitrogen and oxygen atoms in total. The summed E-state index contributed by atoms with van der Waals surface area (Å²) in [5.74, 6) is 1.27. The van der Waals surface area contributed by atoms with E-state index < -0.39 is 10.1 Å². The van der Waals surface area contributed by atoms with Crippen molar-refractivity contribution in [2.24, 2.45) is 5.41 Å². The van der Waals surface area contributed by atoms with Crippen molar-refractivity contribution in [2.75, 3.05) is 12.5 Å². The van der Waals surface area contributed by atoms with Crippen LogP contribution in [0.15, 0.2) is 18.2 Å². The van der Waals surface area contributed by atoms with E-state index in [-0.39, 0.29) is 18.0 Å². The number of fused-ring (bicyclic) bond motifs is 1. The van der Waals surface area contributed by atoms with Crippen LogP contribution in [0.3, 0.4) is 0 Å². The minimum absolute atomic E-state index is 0.158. The van der Waals surface area contributed by atoms with Crippen LogP contribution in [-0.2, 0) is 16.5 Å². The Hall–Kier alpha value is -1.27. The molecule has 0 amide bonds. The van der Waals surface area contributed by atoms with Crippen LogP contribution >= 0.6 is 0 Å². The maximum absolute atomic E-state index is 11.0. The average Bonchev–Trinajstić information content (AvgIpc) is 2.84. The molecule has 0 atom stereocenters. The van der Waals surface area contributed by atoms with Crippen LogP contribution < -0.4 is 9.47 Å². The first-order chi connectivity index (χ1) is 8.46. The Kier molecular flexibility index (Phi) is 2.53. The van der Waals surface area contributed by atoms with Crippen molar-refractivity contribution in [3.63, 3.8) is 0 Å². The summed E-state index contributed by atoms with van der Waals surface area (Å²) in [6.07, 6.45) is 2.31. The number of rotatable bonds is 4. The fraction of sp³-hybridized carbons (Fsp3) is 0.500. The molecule has 3 rings (SSSR count). The first-order valence-electron chi connectivity index (χ1n) is 5.80. The predicted molar refractivity (Wildman–Crippen MR) is 64.4 cm³/mol. The van der Waals surface area contributed by atoms with Gasteiger partial charge < -0.3 is 9.47 Å². The molecule has 0 bridgehead atoms. The van der Waals surface area contributed by atoms with E-state index in [9.17, 15) is 8.42 Å². The smallest absolute Gasteiger partial charge is 0.265 e. The number of hydrogen-bond donors (Lipinski definition) is 1. The van der Waals surface area contributed by atoms with E-state index in [1.165, 1.54) is 0 Å². The Morgan fingerprint density at radius 1 is 1.22 bits per heavy atom. The van der Waals surface area contributed by atoms with Crippen LogP contribution in [0.25, 0.3) is 0 Å². The zero-order chi connectivity index (χ0) is 12.8. The molecule has 1 fully saturated rings. The van der Waals surface area contributed by atoms with E-state index in [1.54, 1.807) is 0 Å². The Labute approximate surface area is 105 Å². The Morgan fingerprint density at radius 2 is 1.94 bits per heavy atom. The van der Waals surface area contributed by atoms with Crippen LogP contribution in [0, 0.1) is 5.41 Å². The van der Waals surface area contributed by atoms with Crippen LogP contribution in [0.1, 0.15) is 18.4 Å². The van der Waals surface area contributed by atoms with E-state index >= 15 is 0 Å². The zero-order valence-corrected chi connectivity index (χ0v) is 10.6. The van der Waals surface area contributed by atoms with Crippen molar-refractivity contribution in [1.29, 1.82) is 0 Å². The summed E-state index contributed by atoms with van der Waals surface area (Å²) in [6, 6.07) is 5.63.